The van der Waals surface area contributed by atoms with Crippen LogP contribution in [0.15, 0.2) is 24.3 Å². The van der Waals surface area contributed by atoms with Gasteiger partial charge in [-0.1, -0.05) is 12.1 Å². The number of nitrogens with zero attached hydrogens (tertiary/aromatic N) is 1. The van der Waals surface area contributed by atoms with Gasteiger partial charge in [-0.2, -0.15) is 13.2 Å². The molecule has 0 bridgehead atoms. The Morgan fingerprint density at radius 1 is 1.20 bits per heavy atom. The van der Waals surface area contributed by atoms with Gasteiger partial charge in [-0.05, 0) is 17.7 Å². The number of benzene rings is 1. The predicted octanol–water partition coefficient (Wildman–Crippen LogP) is 2.39. The third-order valence-electron chi connectivity index (χ3n) is 2.20. The van der Waals surface area contributed by atoms with Gasteiger partial charge in [-0.15, -0.1) is 0 Å². The summed E-state index contributed by atoms with van der Waals surface area (Å²) < 4.78 is 41.0. The highest BCUT2D eigenvalue weighted by molar-refractivity contribution is 5.94. The van der Waals surface area contributed by atoms with Crippen molar-refractivity contribution in [2.24, 2.45) is 0 Å². The van der Waals surface area contributed by atoms with Gasteiger partial charge in [0.15, 0.2) is 0 Å². The smallest absolute Gasteiger partial charge is 0.445 e. The van der Waals surface area contributed by atoms with Crippen LogP contribution in [0.3, 0.4) is 0 Å². The van der Waals surface area contributed by atoms with E-state index in [1.807, 2.05) is 0 Å². The molecule has 0 aliphatic carbocycles. The van der Waals surface area contributed by atoms with Crippen molar-refractivity contribution in [2.75, 3.05) is 19.4 Å². The molecular weight excluding hydrogens is 277 g/mol. The van der Waals surface area contributed by atoms with E-state index in [4.69, 9.17) is 4.74 Å². The van der Waals surface area contributed by atoms with Gasteiger partial charge in [-0.25, -0.2) is 4.79 Å². The molecule has 2 amide bonds. The number of carbonyl (C=O) groups excluding carboxylic acids is 2. The molecule has 1 N–H and O–H groups in total. The summed E-state index contributed by atoms with van der Waals surface area (Å²) in [4.78, 5) is 23.1. The van der Waals surface area contributed by atoms with Crippen LogP contribution in [0.25, 0.3) is 0 Å². The zero-order chi connectivity index (χ0) is 15.3. The number of hydrogen-bond acceptors (Lipinski definition) is 3. The molecule has 0 aliphatic heterocycles. The van der Waals surface area contributed by atoms with Crippen molar-refractivity contribution in [1.82, 2.24) is 4.90 Å². The average Bonchev–Trinajstić information content (AvgIpc) is 2.36. The molecular formula is C12H13F3N2O3. The molecule has 0 aliphatic rings. The summed E-state index contributed by atoms with van der Waals surface area (Å²) in [6.45, 7) is -0.00941. The van der Waals surface area contributed by atoms with Crippen LogP contribution in [-0.4, -0.2) is 37.2 Å². The number of halogens is 3. The lowest BCUT2D eigenvalue weighted by molar-refractivity contribution is -0.167. The van der Waals surface area contributed by atoms with Crippen LogP contribution in [0.4, 0.5) is 23.7 Å². The number of nitrogens with one attached hydrogen (secondary N) is 1. The van der Waals surface area contributed by atoms with Gasteiger partial charge in [0.05, 0.1) is 0 Å². The SMILES string of the molecule is CN(C)C(=O)OCc1ccc(NC(=O)C(F)(F)F)cc1. The Morgan fingerprint density at radius 3 is 2.20 bits per heavy atom. The van der Waals surface area contributed by atoms with E-state index in [2.05, 4.69) is 0 Å². The van der Waals surface area contributed by atoms with Gasteiger partial charge < -0.3 is 15.0 Å². The summed E-state index contributed by atoms with van der Waals surface area (Å²) >= 11 is 0. The van der Waals surface area contributed by atoms with Crippen molar-refractivity contribution >= 4 is 17.7 Å². The number of amides is 2. The van der Waals surface area contributed by atoms with E-state index in [0.717, 1.165) is 0 Å². The number of alkyl halides is 3. The first kappa shape index (κ1) is 15.8. The zero-order valence-corrected chi connectivity index (χ0v) is 10.8. The molecule has 0 unspecified atom stereocenters. The van der Waals surface area contributed by atoms with Gasteiger partial charge in [0.1, 0.15) is 6.61 Å². The highest BCUT2D eigenvalue weighted by Crippen LogP contribution is 2.18. The summed E-state index contributed by atoms with van der Waals surface area (Å²) in [5.41, 5.74) is 0.597. The second-order valence-electron chi connectivity index (χ2n) is 4.10. The van der Waals surface area contributed by atoms with Crippen LogP contribution in [0.2, 0.25) is 0 Å². The summed E-state index contributed by atoms with van der Waals surface area (Å²) in [5.74, 6) is -2.04. The molecule has 0 radical (unpaired) electrons. The second-order valence-corrected chi connectivity index (χ2v) is 4.10. The van der Waals surface area contributed by atoms with E-state index < -0.39 is 18.2 Å². The van der Waals surface area contributed by atoms with Crippen molar-refractivity contribution in [3.63, 3.8) is 0 Å². The van der Waals surface area contributed by atoms with Gasteiger partial charge in [0, 0.05) is 19.8 Å². The largest absolute Gasteiger partial charge is 0.471 e. The molecule has 20 heavy (non-hydrogen) atoms. The lowest BCUT2D eigenvalue weighted by Crippen LogP contribution is -2.29. The first-order chi connectivity index (χ1) is 9.20. The predicted molar refractivity (Wildman–Crippen MR) is 65.0 cm³/mol. The van der Waals surface area contributed by atoms with Crippen LogP contribution in [0, 0.1) is 0 Å². The summed E-state index contributed by atoms with van der Waals surface area (Å²) in [6, 6.07) is 5.49. The Morgan fingerprint density at radius 2 is 1.75 bits per heavy atom. The van der Waals surface area contributed by atoms with Crippen molar-refractivity contribution in [3.05, 3.63) is 29.8 Å². The number of ether oxygens (including phenoxy) is 1. The third kappa shape index (κ3) is 4.79. The quantitative estimate of drug-likeness (QED) is 0.930. The minimum absolute atomic E-state index is 0.00927. The fourth-order valence-electron chi connectivity index (χ4n) is 1.16. The Bertz CT molecular complexity index is 484. The monoisotopic (exact) mass is 290 g/mol. The summed E-state index contributed by atoms with van der Waals surface area (Å²) in [6.07, 6.45) is -5.46. The Hall–Kier alpha value is -2.25. The first-order valence-corrected chi connectivity index (χ1v) is 5.51. The number of anilines is 1. The molecule has 5 nitrogen and oxygen atoms in total. The standard InChI is InChI=1S/C12H13F3N2O3/c1-17(2)11(19)20-7-8-3-5-9(6-4-8)16-10(18)12(13,14)15/h3-6H,7H2,1-2H3,(H,16,18). The maximum absolute atomic E-state index is 12.0. The van der Waals surface area contributed by atoms with Gasteiger partial charge in [0.2, 0.25) is 0 Å². The topological polar surface area (TPSA) is 58.6 Å². The van der Waals surface area contributed by atoms with Crippen molar-refractivity contribution < 1.29 is 27.5 Å². The second kappa shape index (κ2) is 6.27. The van der Waals surface area contributed by atoms with Gasteiger partial charge >= 0.3 is 18.2 Å². The maximum Gasteiger partial charge on any atom is 0.471 e. The molecule has 8 heteroatoms. The number of hydrogen-bond donors (Lipinski definition) is 1. The van der Waals surface area contributed by atoms with E-state index in [1.54, 1.807) is 5.32 Å². The van der Waals surface area contributed by atoms with Gasteiger partial charge in [-0.3, -0.25) is 4.79 Å². The molecule has 1 rings (SSSR count). The fourth-order valence-corrected chi connectivity index (χ4v) is 1.16. The molecule has 0 saturated carbocycles. The van der Waals surface area contributed by atoms with E-state index >= 15 is 0 Å². The first-order valence-electron chi connectivity index (χ1n) is 5.51. The Kier molecular flexibility index (Phi) is 4.95. The number of carbonyl (C=O) groups is 2. The van der Waals surface area contributed by atoms with Crippen LogP contribution in [0.5, 0.6) is 0 Å². The van der Waals surface area contributed by atoms with Gasteiger partial charge in [0.25, 0.3) is 0 Å². The van der Waals surface area contributed by atoms with Crippen LogP contribution >= 0.6 is 0 Å². The summed E-state index contributed by atoms with van der Waals surface area (Å²) in [7, 11) is 3.05. The Balaban J connectivity index is 2.57. The molecule has 0 saturated heterocycles. The molecule has 0 fully saturated rings. The molecule has 0 spiro atoms. The van der Waals surface area contributed by atoms with E-state index in [-0.39, 0.29) is 12.3 Å². The van der Waals surface area contributed by atoms with Crippen LogP contribution < -0.4 is 5.32 Å². The number of rotatable bonds is 3. The highest BCUT2D eigenvalue weighted by Gasteiger charge is 2.38. The molecule has 1 aromatic rings. The van der Waals surface area contributed by atoms with Crippen LogP contribution in [-0.2, 0) is 16.1 Å². The maximum atomic E-state index is 12.0. The normalized spacial score (nSPS) is 10.8. The average molecular weight is 290 g/mol. The Labute approximate surface area is 113 Å². The molecule has 110 valence electrons. The lowest BCUT2D eigenvalue weighted by atomic mass is 10.2. The minimum Gasteiger partial charge on any atom is -0.445 e. The van der Waals surface area contributed by atoms with Crippen LogP contribution in [0.1, 0.15) is 5.56 Å². The van der Waals surface area contributed by atoms with E-state index in [0.29, 0.717) is 5.56 Å². The third-order valence-corrected chi connectivity index (χ3v) is 2.20. The van der Waals surface area contributed by atoms with Crippen molar-refractivity contribution in [2.45, 2.75) is 12.8 Å². The highest BCUT2D eigenvalue weighted by atomic mass is 19.4. The molecule has 0 heterocycles. The fraction of sp³-hybridized carbons (Fsp3) is 0.333. The zero-order valence-electron chi connectivity index (χ0n) is 10.8. The summed E-state index contributed by atoms with van der Waals surface area (Å²) in [5, 5.41) is 1.71. The minimum atomic E-state index is -4.93. The lowest BCUT2D eigenvalue weighted by Gasteiger charge is -2.11. The van der Waals surface area contributed by atoms with E-state index in [1.165, 1.54) is 43.3 Å². The van der Waals surface area contributed by atoms with Crippen molar-refractivity contribution in [1.29, 1.82) is 0 Å². The molecule has 1 aromatic carbocycles. The van der Waals surface area contributed by atoms with Crippen molar-refractivity contribution in [3.8, 4) is 0 Å². The molecule has 0 atom stereocenters. The van der Waals surface area contributed by atoms with E-state index in [9.17, 15) is 22.8 Å². The molecule has 0 aromatic heterocycles.